The van der Waals surface area contributed by atoms with E-state index in [1.807, 2.05) is 0 Å². The quantitative estimate of drug-likeness (QED) is 0.899. The molecule has 3 atom stereocenters. The fourth-order valence-corrected chi connectivity index (χ4v) is 4.02. The number of rotatable bonds is 5. The van der Waals surface area contributed by atoms with Crippen molar-refractivity contribution in [3.63, 3.8) is 0 Å². The Labute approximate surface area is 131 Å². The van der Waals surface area contributed by atoms with E-state index >= 15 is 0 Å². The molecule has 1 aromatic heterocycles. The molecule has 2 fully saturated rings. The number of aryl methyl sites for hydroxylation is 1. The summed E-state index contributed by atoms with van der Waals surface area (Å²) in [6.45, 7) is 9.66. The van der Waals surface area contributed by atoms with Crippen LogP contribution < -0.4 is 5.32 Å². The van der Waals surface area contributed by atoms with E-state index in [0.717, 1.165) is 13.0 Å². The molecule has 2 aliphatic rings. The molecule has 2 heterocycles. The zero-order valence-electron chi connectivity index (χ0n) is 13.5. The van der Waals surface area contributed by atoms with Crippen molar-refractivity contribution in [2.75, 3.05) is 6.54 Å². The van der Waals surface area contributed by atoms with Gasteiger partial charge in [-0.15, -0.1) is 11.3 Å². The molecule has 3 nitrogen and oxygen atoms in total. The first-order valence-electron chi connectivity index (χ1n) is 8.06. The topological polar surface area (TPSA) is 32.3 Å². The molecule has 3 rings (SSSR count). The van der Waals surface area contributed by atoms with E-state index in [-0.39, 0.29) is 12.2 Å². The van der Waals surface area contributed by atoms with Crippen LogP contribution in [0.3, 0.4) is 0 Å². The monoisotopic (exact) mass is 306 g/mol. The smallest absolute Gasteiger partial charge is 0.241 e. The van der Waals surface area contributed by atoms with E-state index in [0.29, 0.717) is 17.2 Å². The van der Waals surface area contributed by atoms with Crippen molar-refractivity contribution < 1.29 is 4.79 Å². The third-order valence-electron chi connectivity index (χ3n) is 5.10. The maximum atomic E-state index is 12.9. The lowest BCUT2D eigenvalue weighted by molar-refractivity contribution is -0.131. The van der Waals surface area contributed by atoms with Gasteiger partial charge in [-0.1, -0.05) is 27.2 Å². The van der Waals surface area contributed by atoms with Crippen molar-refractivity contribution >= 4 is 17.2 Å². The molecule has 1 aliphatic carbocycles. The Hall–Kier alpha value is -0.870. The van der Waals surface area contributed by atoms with Gasteiger partial charge in [-0.2, -0.15) is 0 Å². The summed E-state index contributed by atoms with van der Waals surface area (Å²) in [5.41, 5.74) is 0.353. The van der Waals surface area contributed by atoms with Gasteiger partial charge in [-0.3, -0.25) is 10.1 Å². The Balaban J connectivity index is 1.86. The summed E-state index contributed by atoms with van der Waals surface area (Å²) >= 11 is 1.80. The fraction of sp³-hybridized carbons (Fsp3) is 0.706. The van der Waals surface area contributed by atoms with E-state index in [1.54, 1.807) is 11.3 Å². The Morgan fingerprint density at radius 2 is 2.19 bits per heavy atom. The second kappa shape index (κ2) is 5.40. The molecule has 1 amide bonds. The molecule has 1 saturated heterocycles. The molecule has 0 spiro atoms. The molecular weight excluding hydrogens is 280 g/mol. The standard InChI is InChI=1S/C17H26N2OS/c1-5-11(2)14-16(20)19(10-17(4)8-9-17)15(18-14)13-7-6-12(3)21-13/h6-7,11,14-15,18H,5,8-10H2,1-4H3. The van der Waals surface area contributed by atoms with Crippen molar-refractivity contribution in [2.24, 2.45) is 11.3 Å². The minimum atomic E-state index is -0.0234. The maximum absolute atomic E-state index is 12.9. The van der Waals surface area contributed by atoms with Crippen LogP contribution in [-0.2, 0) is 4.79 Å². The number of hydrogen-bond donors (Lipinski definition) is 1. The van der Waals surface area contributed by atoms with E-state index in [9.17, 15) is 4.79 Å². The summed E-state index contributed by atoms with van der Waals surface area (Å²) in [4.78, 5) is 17.6. The molecule has 1 saturated carbocycles. The summed E-state index contributed by atoms with van der Waals surface area (Å²) in [6, 6.07) is 4.30. The van der Waals surface area contributed by atoms with Gasteiger partial charge in [0, 0.05) is 16.3 Å². The first-order chi connectivity index (χ1) is 9.93. The predicted octanol–water partition coefficient (Wildman–Crippen LogP) is 3.70. The summed E-state index contributed by atoms with van der Waals surface area (Å²) in [5.74, 6) is 0.687. The normalized spacial score (nSPS) is 29.0. The first-order valence-corrected chi connectivity index (χ1v) is 8.88. The average Bonchev–Trinajstić information content (AvgIpc) is 2.88. The van der Waals surface area contributed by atoms with Crippen LogP contribution in [0.5, 0.6) is 0 Å². The van der Waals surface area contributed by atoms with Crippen LogP contribution in [0.1, 0.15) is 56.0 Å². The molecule has 4 heteroatoms. The summed E-state index contributed by atoms with van der Waals surface area (Å²) in [5, 5.41) is 3.61. The molecule has 3 unspecified atom stereocenters. The van der Waals surface area contributed by atoms with Gasteiger partial charge in [0.05, 0.1) is 6.04 Å². The number of thiophene rings is 1. The molecule has 0 bridgehead atoms. The summed E-state index contributed by atoms with van der Waals surface area (Å²) < 4.78 is 0. The molecular formula is C17H26N2OS. The van der Waals surface area contributed by atoms with E-state index in [2.05, 4.69) is 50.0 Å². The lowest BCUT2D eigenvalue weighted by Crippen LogP contribution is -2.37. The van der Waals surface area contributed by atoms with Gasteiger partial charge in [0.2, 0.25) is 5.91 Å². The van der Waals surface area contributed by atoms with Crippen LogP contribution in [-0.4, -0.2) is 23.4 Å². The largest absolute Gasteiger partial charge is 0.320 e. The number of nitrogens with one attached hydrogen (secondary N) is 1. The number of nitrogens with zero attached hydrogens (tertiary/aromatic N) is 1. The van der Waals surface area contributed by atoms with Gasteiger partial charge in [-0.05, 0) is 43.2 Å². The van der Waals surface area contributed by atoms with Crippen molar-refractivity contribution in [3.8, 4) is 0 Å². The maximum Gasteiger partial charge on any atom is 0.241 e. The fourth-order valence-electron chi connectivity index (χ4n) is 3.07. The van der Waals surface area contributed by atoms with Crippen molar-refractivity contribution in [2.45, 2.75) is 59.2 Å². The highest BCUT2D eigenvalue weighted by molar-refractivity contribution is 7.12. The predicted molar refractivity (Wildman–Crippen MR) is 87.2 cm³/mol. The first kappa shape index (κ1) is 15.0. The number of carbonyl (C=O) groups is 1. The van der Waals surface area contributed by atoms with Gasteiger partial charge < -0.3 is 4.90 Å². The Kier molecular flexibility index (Phi) is 3.87. The van der Waals surface area contributed by atoms with Crippen LogP contribution in [0, 0.1) is 18.3 Å². The third-order valence-corrected chi connectivity index (χ3v) is 6.15. The average molecular weight is 306 g/mol. The lowest BCUT2D eigenvalue weighted by atomic mass is 9.99. The molecule has 0 radical (unpaired) electrons. The Morgan fingerprint density at radius 1 is 1.48 bits per heavy atom. The van der Waals surface area contributed by atoms with Crippen molar-refractivity contribution in [1.82, 2.24) is 10.2 Å². The van der Waals surface area contributed by atoms with Crippen LogP contribution in [0.4, 0.5) is 0 Å². The molecule has 1 aliphatic heterocycles. The Bertz CT molecular complexity index is 535. The number of amides is 1. The van der Waals surface area contributed by atoms with E-state index in [1.165, 1.54) is 22.6 Å². The van der Waals surface area contributed by atoms with Crippen LogP contribution in [0.15, 0.2) is 12.1 Å². The van der Waals surface area contributed by atoms with Crippen LogP contribution in [0.2, 0.25) is 0 Å². The zero-order chi connectivity index (χ0) is 15.2. The molecule has 1 N–H and O–H groups in total. The van der Waals surface area contributed by atoms with Crippen LogP contribution >= 0.6 is 11.3 Å². The van der Waals surface area contributed by atoms with Gasteiger partial charge in [0.15, 0.2) is 0 Å². The zero-order valence-corrected chi connectivity index (χ0v) is 14.3. The highest BCUT2D eigenvalue weighted by Gasteiger charge is 2.47. The molecule has 21 heavy (non-hydrogen) atoms. The molecule has 1 aromatic rings. The van der Waals surface area contributed by atoms with Gasteiger partial charge in [0.1, 0.15) is 6.17 Å². The van der Waals surface area contributed by atoms with E-state index < -0.39 is 0 Å². The van der Waals surface area contributed by atoms with Crippen LogP contribution in [0.25, 0.3) is 0 Å². The molecule has 116 valence electrons. The van der Waals surface area contributed by atoms with Crippen molar-refractivity contribution in [3.05, 3.63) is 21.9 Å². The summed E-state index contributed by atoms with van der Waals surface area (Å²) in [7, 11) is 0. The lowest BCUT2D eigenvalue weighted by Gasteiger charge is -2.26. The number of hydrogen-bond acceptors (Lipinski definition) is 3. The van der Waals surface area contributed by atoms with Gasteiger partial charge in [0.25, 0.3) is 0 Å². The second-order valence-corrected chi connectivity index (χ2v) is 8.48. The summed E-state index contributed by atoms with van der Waals surface area (Å²) in [6.07, 6.45) is 3.61. The van der Waals surface area contributed by atoms with Gasteiger partial charge in [-0.25, -0.2) is 0 Å². The third kappa shape index (κ3) is 2.88. The number of carbonyl (C=O) groups excluding carboxylic acids is 1. The Morgan fingerprint density at radius 3 is 2.71 bits per heavy atom. The molecule has 0 aromatic carbocycles. The minimum Gasteiger partial charge on any atom is -0.320 e. The minimum absolute atomic E-state index is 0.0234. The van der Waals surface area contributed by atoms with E-state index in [4.69, 9.17) is 0 Å². The van der Waals surface area contributed by atoms with Crippen molar-refractivity contribution in [1.29, 1.82) is 0 Å². The highest BCUT2D eigenvalue weighted by Crippen LogP contribution is 2.47. The second-order valence-electron chi connectivity index (χ2n) is 7.16. The highest BCUT2D eigenvalue weighted by atomic mass is 32.1. The van der Waals surface area contributed by atoms with Gasteiger partial charge >= 0.3 is 0 Å². The SMILES string of the molecule is CCC(C)C1NC(c2ccc(C)s2)N(CC2(C)CC2)C1=O.